The van der Waals surface area contributed by atoms with E-state index in [-0.39, 0.29) is 5.41 Å². The molecule has 0 aliphatic heterocycles. The second-order valence-corrected chi connectivity index (χ2v) is 5.93. The van der Waals surface area contributed by atoms with Crippen molar-refractivity contribution in [2.75, 3.05) is 0 Å². The molecule has 0 heterocycles. The van der Waals surface area contributed by atoms with Crippen LogP contribution >= 0.6 is 0 Å². The number of halogens is 1. The minimum atomic E-state index is -1.25. The van der Waals surface area contributed by atoms with Gasteiger partial charge in [-0.15, -0.1) is 0 Å². The first-order chi connectivity index (χ1) is 7.88. The predicted octanol–water partition coefficient (Wildman–Crippen LogP) is 4.56. The minimum Gasteiger partial charge on any atom is -0.461 e. The van der Waals surface area contributed by atoms with E-state index in [4.69, 9.17) is 4.74 Å². The molecule has 0 radical (unpaired) electrons. The maximum absolute atomic E-state index is 12.8. The van der Waals surface area contributed by atoms with E-state index in [1.807, 2.05) is 12.1 Å². The molecular weight excluding hydrogens is 215 g/mol. The van der Waals surface area contributed by atoms with E-state index in [2.05, 4.69) is 26.8 Å². The molecule has 0 saturated heterocycles. The van der Waals surface area contributed by atoms with Gasteiger partial charge >= 0.3 is 0 Å². The number of alkyl halides is 1. The first kappa shape index (κ1) is 12.4. The molecule has 1 aliphatic rings. The molecule has 1 atom stereocenters. The van der Waals surface area contributed by atoms with Gasteiger partial charge in [0.25, 0.3) is 0 Å². The first-order valence-electron chi connectivity index (χ1n) is 6.33. The number of rotatable bonds is 3. The second-order valence-electron chi connectivity index (χ2n) is 5.93. The Bertz CT molecular complexity index is 400. The summed E-state index contributed by atoms with van der Waals surface area (Å²) in [6.07, 6.45) is 1.25. The third kappa shape index (κ3) is 2.99. The van der Waals surface area contributed by atoms with Crippen LogP contribution in [-0.2, 0) is 5.41 Å². The fraction of sp³-hybridized carbons (Fsp3) is 0.600. The molecule has 1 aromatic rings. The smallest absolute Gasteiger partial charge is 0.235 e. The van der Waals surface area contributed by atoms with Crippen molar-refractivity contribution in [2.24, 2.45) is 0 Å². The molecule has 2 heteroatoms. The summed E-state index contributed by atoms with van der Waals surface area (Å²) in [4.78, 5) is 0. The predicted molar refractivity (Wildman–Crippen MR) is 68.3 cm³/mol. The van der Waals surface area contributed by atoms with E-state index in [1.54, 1.807) is 0 Å². The summed E-state index contributed by atoms with van der Waals surface area (Å²) >= 11 is 0. The molecule has 17 heavy (non-hydrogen) atoms. The minimum absolute atomic E-state index is 0.137. The lowest BCUT2D eigenvalue weighted by molar-refractivity contribution is 0.0859. The zero-order valence-corrected chi connectivity index (χ0v) is 11.1. The largest absolute Gasteiger partial charge is 0.461 e. The van der Waals surface area contributed by atoms with Gasteiger partial charge in [-0.1, -0.05) is 26.8 Å². The highest BCUT2D eigenvalue weighted by Crippen LogP contribution is 2.45. The molecule has 0 N–H and O–H groups in total. The van der Waals surface area contributed by atoms with E-state index in [0.717, 1.165) is 0 Å². The van der Waals surface area contributed by atoms with Crippen LogP contribution in [0, 0.1) is 0 Å². The van der Waals surface area contributed by atoms with Crippen LogP contribution in [0.1, 0.15) is 57.6 Å². The highest BCUT2D eigenvalue weighted by Gasteiger charge is 2.30. The second kappa shape index (κ2) is 4.32. The Morgan fingerprint density at radius 3 is 2.41 bits per heavy atom. The van der Waals surface area contributed by atoms with E-state index in [9.17, 15) is 4.39 Å². The normalized spacial score (nSPS) is 17.9. The van der Waals surface area contributed by atoms with E-state index >= 15 is 0 Å². The average Bonchev–Trinajstić information content (AvgIpc) is 2.97. The van der Waals surface area contributed by atoms with Crippen molar-refractivity contribution in [1.82, 2.24) is 0 Å². The summed E-state index contributed by atoms with van der Waals surface area (Å²) in [6.45, 7) is 8.06. The van der Waals surface area contributed by atoms with Gasteiger partial charge in [-0.2, -0.15) is 0 Å². The zero-order valence-electron chi connectivity index (χ0n) is 11.1. The Labute approximate surface area is 103 Å². The molecule has 1 aromatic carbocycles. The van der Waals surface area contributed by atoms with Crippen molar-refractivity contribution < 1.29 is 9.13 Å². The fourth-order valence-corrected chi connectivity index (χ4v) is 2.22. The molecular formula is C15H21FO. The molecule has 1 saturated carbocycles. The van der Waals surface area contributed by atoms with Gasteiger partial charge in [0.15, 0.2) is 0 Å². The summed E-state index contributed by atoms with van der Waals surface area (Å²) in [5, 5.41) is 0. The Morgan fingerprint density at radius 2 is 1.94 bits per heavy atom. The SMILES string of the molecule is CC(F)Oc1ccc(C(C)(C)C)c(C2CC2)c1. The van der Waals surface area contributed by atoms with Crippen LogP contribution in [-0.4, -0.2) is 6.36 Å². The van der Waals surface area contributed by atoms with Crippen LogP contribution in [0.25, 0.3) is 0 Å². The van der Waals surface area contributed by atoms with Gasteiger partial charge in [-0.3, -0.25) is 0 Å². The number of hydrogen-bond acceptors (Lipinski definition) is 1. The van der Waals surface area contributed by atoms with Crippen LogP contribution < -0.4 is 4.74 Å². The maximum atomic E-state index is 12.8. The Hall–Kier alpha value is -1.05. The molecule has 1 fully saturated rings. The van der Waals surface area contributed by atoms with Crippen molar-refractivity contribution in [3.63, 3.8) is 0 Å². The number of hydrogen-bond donors (Lipinski definition) is 0. The van der Waals surface area contributed by atoms with E-state index < -0.39 is 6.36 Å². The van der Waals surface area contributed by atoms with Gasteiger partial charge in [-0.25, -0.2) is 4.39 Å². The Kier molecular flexibility index (Phi) is 3.15. The maximum Gasteiger partial charge on any atom is 0.235 e. The standard InChI is InChI=1S/C15H21FO/c1-10(16)17-12-7-8-14(15(2,3)4)13(9-12)11-5-6-11/h7-11H,5-6H2,1-4H3. The lowest BCUT2D eigenvalue weighted by atomic mass is 9.82. The molecule has 1 aliphatic carbocycles. The van der Waals surface area contributed by atoms with Crippen molar-refractivity contribution >= 4 is 0 Å². The number of ether oxygens (including phenoxy) is 1. The van der Waals surface area contributed by atoms with Gasteiger partial charge in [-0.05, 0) is 47.4 Å². The topological polar surface area (TPSA) is 9.23 Å². The Balaban J connectivity index is 2.35. The molecule has 2 rings (SSSR count). The number of benzene rings is 1. The summed E-state index contributed by atoms with van der Waals surface area (Å²) in [7, 11) is 0. The summed E-state index contributed by atoms with van der Waals surface area (Å²) in [6, 6.07) is 5.99. The van der Waals surface area contributed by atoms with Gasteiger partial charge in [0.05, 0.1) is 0 Å². The van der Waals surface area contributed by atoms with E-state index in [1.165, 1.54) is 30.9 Å². The van der Waals surface area contributed by atoms with Gasteiger partial charge < -0.3 is 4.74 Å². The summed E-state index contributed by atoms with van der Waals surface area (Å²) in [5.41, 5.74) is 2.84. The highest BCUT2D eigenvalue weighted by molar-refractivity contribution is 5.43. The van der Waals surface area contributed by atoms with Crippen LogP contribution in [0.2, 0.25) is 0 Å². The first-order valence-corrected chi connectivity index (χ1v) is 6.33. The van der Waals surface area contributed by atoms with Crippen LogP contribution in [0.5, 0.6) is 5.75 Å². The molecule has 0 spiro atoms. The monoisotopic (exact) mass is 236 g/mol. The molecule has 0 amide bonds. The molecule has 0 bridgehead atoms. The lowest BCUT2D eigenvalue weighted by Crippen LogP contribution is -2.14. The van der Waals surface area contributed by atoms with E-state index in [0.29, 0.717) is 11.7 Å². The van der Waals surface area contributed by atoms with Crippen molar-refractivity contribution in [3.05, 3.63) is 29.3 Å². The quantitative estimate of drug-likeness (QED) is 0.747. The summed E-state index contributed by atoms with van der Waals surface area (Å²) in [5.74, 6) is 1.30. The molecule has 1 nitrogen and oxygen atoms in total. The van der Waals surface area contributed by atoms with Gasteiger partial charge in [0.2, 0.25) is 6.36 Å². The van der Waals surface area contributed by atoms with Gasteiger partial charge in [0, 0.05) is 6.92 Å². The molecule has 0 aromatic heterocycles. The lowest BCUT2D eigenvalue weighted by Gasteiger charge is -2.23. The zero-order chi connectivity index (χ0) is 12.6. The van der Waals surface area contributed by atoms with Gasteiger partial charge in [0.1, 0.15) is 5.75 Å². The van der Waals surface area contributed by atoms with Crippen molar-refractivity contribution in [2.45, 2.75) is 58.2 Å². The average molecular weight is 236 g/mol. The Morgan fingerprint density at radius 1 is 1.29 bits per heavy atom. The third-order valence-corrected chi connectivity index (χ3v) is 3.15. The van der Waals surface area contributed by atoms with Crippen LogP contribution in [0.15, 0.2) is 18.2 Å². The van der Waals surface area contributed by atoms with Crippen molar-refractivity contribution in [3.8, 4) is 5.75 Å². The molecule has 94 valence electrons. The highest BCUT2D eigenvalue weighted by atomic mass is 19.1. The van der Waals surface area contributed by atoms with Crippen LogP contribution in [0.3, 0.4) is 0 Å². The summed E-state index contributed by atoms with van der Waals surface area (Å²) < 4.78 is 18.0. The third-order valence-electron chi connectivity index (χ3n) is 3.15. The fourth-order valence-electron chi connectivity index (χ4n) is 2.22. The van der Waals surface area contributed by atoms with Crippen LogP contribution in [0.4, 0.5) is 4.39 Å². The molecule has 1 unspecified atom stereocenters. The van der Waals surface area contributed by atoms with Crippen molar-refractivity contribution in [1.29, 1.82) is 0 Å².